The lowest BCUT2D eigenvalue weighted by Gasteiger charge is -2.19. The fourth-order valence-corrected chi connectivity index (χ4v) is 3.56. The van der Waals surface area contributed by atoms with Gasteiger partial charge in [0.25, 0.3) is 6.43 Å². The van der Waals surface area contributed by atoms with Gasteiger partial charge in [-0.25, -0.2) is 13.6 Å². The fourth-order valence-electron chi connectivity index (χ4n) is 3.56. The SMILES string of the molecule is CC(NC(=O)CC(NC(=O)OCC1c2ccccc2-c2ccccc21)C(F)F)C(=O)O. The van der Waals surface area contributed by atoms with E-state index in [1.807, 2.05) is 53.8 Å². The molecular formula is C22H22F2N2O5. The molecule has 1 aliphatic carbocycles. The van der Waals surface area contributed by atoms with Crippen molar-refractivity contribution in [3.05, 3.63) is 59.7 Å². The molecule has 2 amide bonds. The van der Waals surface area contributed by atoms with Crippen LogP contribution in [-0.2, 0) is 14.3 Å². The molecule has 3 N–H and O–H groups in total. The Morgan fingerprint density at radius 3 is 2.06 bits per heavy atom. The van der Waals surface area contributed by atoms with Crippen molar-refractivity contribution in [2.75, 3.05) is 6.61 Å². The predicted octanol–water partition coefficient (Wildman–Crippen LogP) is 3.14. The number of aliphatic carboxylic acids is 1. The molecule has 0 spiro atoms. The Balaban J connectivity index is 1.61. The third-order valence-corrected chi connectivity index (χ3v) is 5.10. The molecule has 1 aliphatic rings. The smallest absolute Gasteiger partial charge is 0.407 e. The van der Waals surface area contributed by atoms with E-state index in [2.05, 4.69) is 5.32 Å². The number of nitrogens with one attached hydrogen (secondary N) is 2. The number of benzene rings is 2. The maximum absolute atomic E-state index is 13.3. The molecule has 31 heavy (non-hydrogen) atoms. The molecule has 2 unspecified atom stereocenters. The molecule has 2 aromatic carbocycles. The van der Waals surface area contributed by atoms with E-state index in [1.54, 1.807) is 0 Å². The van der Waals surface area contributed by atoms with Crippen molar-refractivity contribution in [2.24, 2.45) is 0 Å². The number of hydrogen-bond acceptors (Lipinski definition) is 4. The summed E-state index contributed by atoms with van der Waals surface area (Å²) in [6.45, 7) is 1.15. The van der Waals surface area contributed by atoms with Crippen LogP contribution >= 0.6 is 0 Å². The van der Waals surface area contributed by atoms with E-state index >= 15 is 0 Å². The summed E-state index contributed by atoms with van der Waals surface area (Å²) in [6.07, 6.45) is -4.89. The van der Waals surface area contributed by atoms with Crippen LogP contribution in [0.25, 0.3) is 11.1 Å². The van der Waals surface area contributed by atoms with Crippen molar-refractivity contribution in [2.45, 2.75) is 37.8 Å². The summed E-state index contributed by atoms with van der Waals surface area (Å²) in [5.74, 6) is -2.45. The van der Waals surface area contributed by atoms with Crippen molar-refractivity contribution in [3.8, 4) is 11.1 Å². The third kappa shape index (κ3) is 5.17. The first-order valence-electron chi connectivity index (χ1n) is 9.69. The van der Waals surface area contributed by atoms with Crippen LogP contribution in [0.15, 0.2) is 48.5 Å². The van der Waals surface area contributed by atoms with E-state index in [9.17, 15) is 23.2 Å². The number of halogens is 2. The Morgan fingerprint density at radius 1 is 1.00 bits per heavy atom. The first-order valence-corrected chi connectivity index (χ1v) is 9.69. The van der Waals surface area contributed by atoms with Gasteiger partial charge < -0.3 is 20.5 Å². The Bertz CT molecular complexity index is 936. The average Bonchev–Trinajstić information content (AvgIpc) is 3.05. The Hall–Kier alpha value is -3.49. The van der Waals surface area contributed by atoms with E-state index in [1.165, 1.54) is 6.92 Å². The number of hydrogen-bond donors (Lipinski definition) is 3. The molecule has 0 radical (unpaired) electrons. The zero-order valence-electron chi connectivity index (χ0n) is 16.7. The largest absolute Gasteiger partial charge is 0.480 e. The Morgan fingerprint density at radius 2 is 1.55 bits per heavy atom. The standard InChI is InChI=1S/C22H22F2N2O5/c1-12(21(28)29)25-19(27)10-18(20(23)24)26-22(30)31-11-17-15-8-4-2-6-13(15)14-7-3-5-9-16(14)17/h2-9,12,17-18,20H,10-11H2,1H3,(H,25,27)(H,26,30)(H,28,29). The van der Waals surface area contributed by atoms with Gasteiger partial charge in [-0.3, -0.25) is 9.59 Å². The Labute approximate surface area is 177 Å². The summed E-state index contributed by atoms with van der Waals surface area (Å²) in [5, 5.41) is 12.9. The Kier molecular flexibility index (Phi) is 6.84. The van der Waals surface area contributed by atoms with Gasteiger partial charge in [0, 0.05) is 5.92 Å². The van der Waals surface area contributed by atoms with Crippen molar-refractivity contribution >= 4 is 18.0 Å². The molecule has 3 rings (SSSR count). The minimum absolute atomic E-state index is 0.0575. The number of alkyl halides is 2. The monoisotopic (exact) mass is 432 g/mol. The number of carboxylic acids is 1. The van der Waals surface area contributed by atoms with Gasteiger partial charge in [0.15, 0.2) is 0 Å². The lowest BCUT2D eigenvalue weighted by molar-refractivity contribution is -0.141. The van der Waals surface area contributed by atoms with Crippen molar-refractivity contribution in [3.63, 3.8) is 0 Å². The van der Waals surface area contributed by atoms with Crippen LogP contribution in [0, 0.1) is 0 Å². The van der Waals surface area contributed by atoms with E-state index in [0.717, 1.165) is 22.3 Å². The van der Waals surface area contributed by atoms with Gasteiger partial charge >= 0.3 is 12.1 Å². The molecular weight excluding hydrogens is 410 g/mol. The normalized spacial score (nSPS) is 14.3. The second-order valence-corrected chi connectivity index (χ2v) is 7.24. The minimum atomic E-state index is -3.04. The molecule has 2 aromatic rings. The highest BCUT2D eigenvalue weighted by atomic mass is 19.3. The van der Waals surface area contributed by atoms with Gasteiger partial charge in [0.1, 0.15) is 18.7 Å². The van der Waals surface area contributed by atoms with E-state index in [4.69, 9.17) is 9.84 Å². The molecule has 0 aromatic heterocycles. The topological polar surface area (TPSA) is 105 Å². The maximum Gasteiger partial charge on any atom is 0.407 e. The van der Waals surface area contributed by atoms with Gasteiger partial charge in [-0.1, -0.05) is 48.5 Å². The summed E-state index contributed by atoms with van der Waals surface area (Å²) in [5.41, 5.74) is 4.01. The number of fused-ring (bicyclic) bond motifs is 3. The zero-order valence-corrected chi connectivity index (χ0v) is 16.7. The minimum Gasteiger partial charge on any atom is -0.480 e. The van der Waals surface area contributed by atoms with Gasteiger partial charge in [0.2, 0.25) is 5.91 Å². The second-order valence-electron chi connectivity index (χ2n) is 7.24. The number of carboxylic acid groups (broad SMARTS) is 1. The quantitative estimate of drug-likeness (QED) is 0.595. The van der Waals surface area contributed by atoms with Gasteiger partial charge in [-0.2, -0.15) is 0 Å². The summed E-state index contributed by atoms with van der Waals surface area (Å²) in [4.78, 5) is 34.7. The molecule has 0 heterocycles. The summed E-state index contributed by atoms with van der Waals surface area (Å²) >= 11 is 0. The average molecular weight is 432 g/mol. The lowest BCUT2D eigenvalue weighted by atomic mass is 9.98. The van der Waals surface area contributed by atoms with Crippen molar-refractivity contribution < 1.29 is 33.0 Å². The van der Waals surface area contributed by atoms with E-state index in [-0.39, 0.29) is 12.5 Å². The molecule has 0 fully saturated rings. The first kappa shape index (κ1) is 22.2. The number of rotatable bonds is 8. The van der Waals surface area contributed by atoms with Crippen LogP contribution in [0.5, 0.6) is 0 Å². The zero-order chi connectivity index (χ0) is 22.5. The summed E-state index contributed by atoms with van der Waals surface area (Å²) in [7, 11) is 0. The summed E-state index contributed by atoms with van der Waals surface area (Å²) in [6, 6.07) is 12.3. The number of ether oxygens (including phenoxy) is 1. The molecule has 2 atom stereocenters. The van der Waals surface area contributed by atoms with Gasteiger partial charge in [-0.15, -0.1) is 0 Å². The van der Waals surface area contributed by atoms with Crippen LogP contribution in [-0.4, -0.2) is 48.2 Å². The van der Waals surface area contributed by atoms with Crippen LogP contribution in [0.2, 0.25) is 0 Å². The predicted molar refractivity (Wildman–Crippen MR) is 108 cm³/mol. The number of carbonyl (C=O) groups excluding carboxylic acids is 2. The van der Waals surface area contributed by atoms with Crippen LogP contribution in [0.3, 0.4) is 0 Å². The first-order chi connectivity index (χ1) is 14.8. The van der Waals surface area contributed by atoms with E-state index < -0.39 is 42.9 Å². The highest BCUT2D eigenvalue weighted by Gasteiger charge is 2.31. The molecule has 0 saturated heterocycles. The molecule has 0 bridgehead atoms. The lowest BCUT2D eigenvalue weighted by Crippen LogP contribution is -2.46. The molecule has 0 aliphatic heterocycles. The highest BCUT2D eigenvalue weighted by Crippen LogP contribution is 2.44. The number of alkyl carbamates (subject to hydrolysis) is 1. The van der Waals surface area contributed by atoms with Crippen molar-refractivity contribution in [1.29, 1.82) is 0 Å². The maximum atomic E-state index is 13.3. The molecule has 0 saturated carbocycles. The highest BCUT2D eigenvalue weighted by molar-refractivity contribution is 5.84. The fraction of sp³-hybridized carbons (Fsp3) is 0.318. The van der Waals surface area contributed by atoms with Gasteiger partial charge in [0.05, 0.1) is 6.42 Å². The van der Waals surface area contributed by atoms with Crippen LogP contribution in [0.4, 0.5) is 13.6 Å². The van der Waals surface area contributed by atoms with Crippen molar-refractivity contribution in [1.82, 2.24) is 10.6 Å². The summed E-state index contributed by atoms with van der Waals surface area (Å²) < 4.78 is 31.8. The third-order valence-electron chi connectivity index (χ3n) is 5.10. The van der Waals surface area contributed by atoms with Crippen LogP contribution in [0.1, 0.15) is 30.4 Å². The number of carbonyl (C=O) groups is 3. The van der Waals surface area contributed by atoms with Crippen LogP contribution < -0.4 is 10.6 Å². The molecule has 164 valence electrons. The van der Waals surface area contributed by atoms with E-state index in [0.29, 0.717) is 0 Å². The van der Waals surface area contributed by atoms with Gasteiger partial charge in [-0.05, 0) is 29.2 Å². The molecule has 9 heteroatoms. The molecule has 7 nitrogen and oxygen atoms in total. The number of amides is 2. The second kappa shape index (κ2) is 9.55.